The first-order valence-electron chi connectivity index (χ1n) is 6.73. The van der Waals surface area contributed by atoms with Gasteiger partial charge >= 0.3 is 6.18 Å². The minimum atomic E-state index is -4.35. The molecule has 1 amide bonds. The van der Waals surface area contributed by atoms with Crippen LogP contribution in [0.5, 0.6) is 0 Å². The molecule has 1 atom stereocenters. The van der Waals surface area contributed by atoms with Crippen molar-refractivity contribution in [3.8, 4) is 0 Å². The van der Waals surface area contributed by atoms with Crippen LogP contribution in [0.1, 0.15) is 11.1 Å². The summed E-state index contributed by atoms with van der Waals surface area (Å²) < 4.78 is 43.0. The summed E-state index contributed by atoms with van der Waals surface area (Å²) in [5, 5.41) is 5.71. The van der Waals surface area contributed by atoms with Crippen molar-refractivity contribution in [1.82, 2.24) is 10.6 Å². The van der Waals surface area contributed by atoms with Crippen molar-refractivity contribution >= 4 is 5.91 Å². The number of hydrogen-bond donors (Lipinski definition) is 2. The maximum Gasteiger partial charge on any atom is 0.416 e. The van der Waals surface area contributed by atoms with E-state index < -0.39 is 17.8 Å². The van der Waals surface area contributed by atoms with Crippen LogP contribution in [0.15, 0.2) is 24.3 Å². The van der Waals surface area contributed by atoms with Gasteiger partial charge in [0.1, 0.15) is 6.10 Å². The molecule has 1 aliphatic rings. The number of morpholine rings is 1. The number of rotatable bonds is 4. The number of amides is 1. The Labute approximate surface area is 120 Å². The minimum Gasteiger partial charge on any atom is -0.366 e. The van der Waals surface area contributed by atoms with E-state index in [0.717, 1.165) is 12.1 Å². The van der Waals surface area contributed by atoms with Gasteiger partial charge in [0.05, 0.1) is 12.2 Å². The van der Waals surface area contributed by atoms with Gasteiger partial charge in [0, 0.05) is 19.6 Å². The van der Waals surface area contributed by atoms with Gasteiger partial charge in [-0.2, -0.15) is 13.2 Å². The van der Waals surface area contributed by atoms with Gasteiger partial charge < -0.3 is 15.4 Å². The van der Waals surface area contributed by atoms with Gasteiger partial charge in [-0.3, -0.25) is 4.79 Å². The summed E-state index contributed by atoms with van der Waals surface area (Å²) in [7, 11) is 0. The highest BCUT2D eigenvalue weighted by Crippen LogP contribution is 2.29. The van der Waals surface area contributed by atoms with Crippen LogP contribution in [0.25, 0.3) is 0 Å². The molecule has 0 radical (unpaired) electrons. The predicted octanol–water partition coefficient (Wildman–Crippen LogP) is 1.35. The molecule has 0 aliphatic carbocycles. The lowest BCUT2D eigenvalue weighted by Gasteiger charge is -2.22. The third-order valence-electron chi connectivity index (χ3n) is 3.19. The summed E-state index contributed by atoms with van der Waals surface area (Å²) in [4.78, 5) is 11.8. The second-order valence-electron chi connectivity index (χ2n) is 4.80. The average molecular weight is 302 g/mol. The normalized spacial score (nSPS) is 19.3. The topological polar surface area (TPSA) is 50.4 Å². The fourth-order valence-corrected chi connectivity index (χ4v) is 2.08. The van der Waals surface area contributed by atoms with Crippen LogP contribution in [0.3, 0.4) is 0 Å². The third-order valence-corrected chi connectivity index (χ3v) is 3.19. The highest BCUT2D eigenvalue weighted by Gasteiger charge is 2.30. The molecule has 2 N–H and O–H groups in total. The second-order valence-corrected chi connectivity index (χ2v) is 4.80. The second kappa shape index (κ2) is 6.91. The molecule has 1 heterocycles. The number of ether oxygens (including phenoxy) is 1. The summed E-state index contributed by atoms with van der Waals surface area (Å²) in [6.07, 6.45) is -4.53. The van der Waals surface area contributed by atoms with Gasteiger partial charge in [-0.25, -0.2) is 0 Å². The van der Waals surface area contributed by atoms with Gasteiger partial charge in [-0.05, 0) is 18.1 Å². The summed E-state index contributed by atoms with van der Waals surface area (Å²) in [6, 6.07) is 5.11. The van der Waals surface area contributed by atoms with Crippen molar-refractivity contribution in [3.05, 3.63) is 35.4 Å². The first kappa shape index (κ1) is 15.8. The molecule has 21 heavy (non-hydrogen) atoms. The first-order valence-corrected chi connectivity index (χ1v) is 6.73. The third kappa shape index (κ3) is 4.71. The quantitative estimate of drug-likeness (QED) is 0.883. The van der Waals surface area contributed by atoms with Crippen LogP contribution in [-0.4, -0.2) is 38.3 Å². The molecule has 0 aromatic heterocycles. The maximum absolute atomic E-state index is 12.6. The average Bonchev–Trinajstić information content (AvgIpc) is 2.47. The fourth-order valence-electron chi connectivity index (χ4n) is 2.08. The number of benzene rings is 1. The molecule has 4 nitrogen and oxygen atoms in total. The molecular formula is C14H17F3N2O2. The molecule has 1 aromatic carbocycles. The monoisotopic (exact) mass is 302 g/mol. The van der Waals surface area contributed by atoms with Crippen LogP contribution >= 0.6 is 0 Å². The van der Waals surface area contributed by atoms with Crippen molar-refractivity contribution in [1.29, 1.82) is 0 Å². The van der Waals surface area contributed by atoms with Crippen molar-refractivity contribution in [2.75, 3.05) is 26.2 Å². The Kier molecular flexibility index (Phi) is 5.19. The number of carbonyl (C=O) groups is 1. The van der Waals surface area contributed by atoms with Gasteiger partial charge in [0.25, 0.3) is 0 Å². The lowest BCUT2D eigenvalue weighted by atomic mass is 10.1. The Morgan fingerprint density at radius 3 is 2.90 bits per heavy atom. The van der Waals surface area contributed by atoms with E-state index >= 15 is 0 Å². The van der Waals surface area contributed by atoms with Gasteiger partial charge in [-0.15, -0.1) is 0 Å². The fraction of sp³-hybridized carbons (Fsp3) is 0.500. The predicted molar refractivity (Wildman–Crippen MR) is 70.8 cm³/mol. The molecule has 7 heteroatoms. The molecule has 0 bridgehead atoms. The number of hydrogen-bond acceptors (Lipinski definition) is 3. The molecular weight excluding hydrogens is 285 g/mol. The Morgan fingerprint density at radius 1 is 1.43 bits per heavy atom. The molecule has 0 unspecified atom stereocenters. The van der Waals surface area contributed by atoms with Crippen LogP contribution in [0.4, 0.5) is 13.2 Å². The first-order chi connectivity index (χ1) is 9.97. The van der Waals surface area contributed by atoms with E-state index in [1.165, 1.54) is 6.07 Å². The van der Waals surface area contributed by atoms with Crippen LogP contribution < -0.4 is 10.6 Å². The van der Waals surface area contributed by atoms with E-state index in [1.54, 1.807) is 6.07 Å². The van der Waals surface area contributed by atoms with E-state index in [9.17, 15) is 18.0 Å². The molecule has 1 aliphatic heterocycles. The van der Waals surface area contributed by atoms with Crippen LogP contribution in [0, 0.1) is 0 Å². The van der Waals surface area contributed by atoms with Crippen LogP contribution in [-0.2, 0) is 22.1 Å². The lowest BCUT2D eigenvalue weighted by Crippen LogP contribution is -2.48. The number of halogens is 3. The number of carbonyl (C=O) groups excluding carboxylic acids is 1. The number of alkyl halides is 3. The Bertz CT molecular complexity index is 485. The summed E-state index contributed by atoms with van der Waals surface area (Å²) in [6.45, 7) is 1.93. The highest BCUT2D eigenvalue weighted by molar-refractivity contribution is 5.81. The highest BCUT2D eigenvalue weighted by atomic mass is 19.4. The standard InChI is InChI=1S/C14H17F3N2O2/c15-14(16,17)11-3-1-2-10(8-11)4-5-19-13(20)12-9-18-6-7-21-12/h1-3,8,12,18H,4-7,9H2,(H,19,20)/t12-/m1/s1. The molecule has 0 saturated carbocycles. The van der Waals surface area contributed by atoms with E-state index in [1.807, 2.05) is 0 Å². The zero-order chi connectivity index (χ0) is 15.3. The molecule has 0 spiro atoms. The van der Waals surface area contributed by atoms with E-state index in [0.29, 0.717) is 31.7 Å². The zero-order valence-electron chi connectivity index (χ0n) is 11.4. The molecule has 1 saturated heterocycles. The number of nitrogens with one attached hydrogen (secondary N) is 2. The van der Waals surface area contributed by atoms with Crippen molar-refractivity contribution < 1.29 is 22.7 Å². The van der Waals surface area contributed by atoms with Crippen molar-refractivity contribution in [2.45, 2.75) is 18.7 Å². The Balaban J connectivity index is 1.82. The minimum absolute atomic E-state index is 0.242. The summed E-state index contributed by atoms with van der Waals surface area (Å²) >= 11 is 0. The summed E-state index contributed by atoms with van der Waals surface area (Å²) in [5.74, 6) is -0.242. The summed E-state index contributed by atoms with van der Waals surface area (Å²) in [5.41, 5.74) is -0.140. The lowest BCUT2D eigenvalue weighted by molar-refractivity contribution is -0.137. The van der Waals surface area contributed by atoms with Gasteiger partial charge in [0.15, 0.2) is 0 Å². The Morgan fingerprint density at radius 2 is 2.24 bits per heavy atom. The SMILES string of the molecule is O=C(NCCc1cccc(C(F)(F)F)c1)[C@H]1CNCCO1. The van der Waals surface area contributed by atoms with Gasteiger partial charge in [0.2, 0.25) is 5.91 Å². The van der Waals surface area contributed by atoms with E-state index in [2.05, 4.69) is 10.6 Å². The molecule has 2 rings (SSSR count). The maximum atomic E-state index is 12.6. The Hall–Kier alpha value is -1.60. The zero-order valence-corrected chi connectivity index (χ0v) is 11.4. The van der Waals surface area contributed by atoms with E-state index in [4.69, 9.17) is 4.74 Å². The van der Waals surface area contributed by atoms with Crippen molar-refractivity contribution in [2.24, 2.45) is 0 Å². The largest absolute Gasteiger partial charge is 0.416 e. The van der Waals surface area contributed by atoms with E-state index in [-0.39, 0.29) is 12.5 Å². The van der Waals surface area contributed by atoms with Crippen LogP contribution in [0.2, 0.25) is 0 Å². The molecule has 116 valence electrons. The smallest absolute Gasteiger partial charge is 0.366 e. The van der Waals surface area contributed by atoms with Crippen molar-refractivity contribution in [3.63, 3.8) is 0 Å². The van der Waals surface area contributed by atoms with Gasteiger partial charge in [-0.1, -0.05) is 18.2 Å². The molecule has 1 aromatic rings. The molecule has 1 fully saturated rings.